The molecule has 0 saturated carbocycles. The van der Waals surface area contributed by atoms with Crippen molar-refractivity contribution in [1.82, 2.24) is 9.97 Å². The van der Waals surface area contributed by atoms with Crippen LogP contribution >= 0.6 is 0 Å². The molecule has 1 N–H and O–H groups in total. The topological polar surface area (TPSA) is 94.3 Å². The highest BCUT2D eigenvalue weighted by atomic mass is 16.5. The van der Waals surface area contributed by atoms with Gasteiger partial charge in [-0.25, -0.2) is 9.78 Å². The number of hydrogen-bond donors (Lipinski definition) is 1. The van der Waals surface area contributed by atoms with Crippen LogP contribution in [0.3, 0.4) is 0 Å². The lowest BCUT2D eigenvalue weighted by Gasteiger charge is -2.20. The number of fused-ring (bicyclic) bond motifs is 1. The molecule has 7 nitrogen and oxygen atoms in total. The van der Waals surface area contributed by atoms with Crippen molar-refractivity contribution in [3.63, 3.8) is 0 Å². The maximum atomic E-state index is 13.3. The number of hydrogen-bond acceptors (Lipinski definition) is 7. The summed E-state index contributed by atoms with van der Waals surface area (Å²) in [5.74, 6) is 0.147. The first-order chi connectivity index (χ1) is 17.9. The molecule has 3 aromatic heterocycles. The molecule has 0 radical (unpaired) electrons. The number of ether oxygens (including phenoxy) is 1. The molecule has 0 aliphatic heterocycles. The Morgan fingerprint density at radius 2 is 1.78 bits per heavy atom. The Kier molecular flexibility index (Phi) is 6.51. The van der Waals surface area contributed by atoms with Gasteiger partial charge < -0.3 is 14.5 Å². The van der Waals surface area contributed by atoms with Crippen LogP contribution in [0.1, 0.15) is 40.0 Å². The zero-order valence-corrected chi connectivity index (χ0v) is 20.7. The molecule has 0 unspecified atom stereocenters. The molecule has 0 spiro atoms. The zero-order valence-electron chi connectivity index (χ0n) is 20.7. The predicted molar refractivity (Wildman–Crippen MR) is 143 cm³/mol. The number of rotatable bonds is 6. The fraction of sp³-hybridized carbons (Fsp3) is 0.133. The SMILES string of the molecule is Cc1cc([C@@H](C)Nc2cccnc2OC(=O)c2ccccc2)c2oc(-c3cccnc3)c(C)c(=O)c2c1. The van der Waals surface area contributed by atoms with Gasteiger partial charge in [0, 0.05) is 35.3 Å². The summed E-state index contributed by atoms with van der Waals surface area (Å²) in [6, 6.07) is 19.5. The van der Waals surface area contributed by atoms with Crippen molar-refractivity contribution in [1.29, 1.82) is 0 Å². The summed E-state index contributed by atoms with van der Waals surface area (Å²) in [6.07, 6.45) is 4.91. The molecule has 2 aromatic carbocycles. The lowest BCUT2D eigenvalue weighted by Crippen LogP contribution is -2.14. The average Bonchev–Trinajstić information content (AvgIpc) is 2.92. The second-order valence-corrected chi connectivity index (χ2v) is 8.84. The highest BCUT2D eigenvalue weighted by Crippen LogP contribution is 2.33. The van der Waals surface area contributed by atoms with E-state index in [1.54, 1.807) is 68.0 Å². The molecular formula is C30H25N3O4. The van der Waals surface area contributed by atoms with Crippen LogP contribution in [0.5, 0.6) is 5.88 Å². The highest BCUT2D eigenvalue weighted by Gasteiger charge is 2.20. The molecule has 0 amide bonds. The van der Waals surface area contributed by atoms with E-state index in [1.807, 2.05) is 38.1 Å². The number of benzene rings is 2. The van der Waals surface area contributed by atoms with Crippen molar-refractivity contribution in [2.24, 2.45) is 0 Å². The minimum absolute atomic E-state index is 0.0869. The van der Waals surface area contributed by atoms with Crippen LogP contribution in [0.25, 0.3) is 22.3 Å². The van der Waals surface area contributed by atoms with Gasteiger partial charge in [-0.2, -0.15) is 0 Å². The molecule has 184 valence electrons. The summed E-state index contributed by atoms with van der Waals surface area (Å²) in [6.45, 7) is 5.66. The Labute approximate surface area is 213 Å². The van der Waals surface area contributed by atoms with E-state index in [2.05, 4.69) is 15.3 Å². The third-order valence-corrected chi connectivity index (χ3v) is 6.12. The van der Waals surface area contributed by atoms with E-state index in [0.29, 0.717) is 33.5 Å². The number of esters is 1. The molecule has 3 heterocycles. The summed E-state index contributed by atoms with van der Waals surface area (Å²) in [4.78, 5) is 34.4. The molecule has 5 aromatic rings. The minimum Gasteiger partial charge on any atom is -0.455 e. The van der Waals surface area contributed by atoms with Crippen molar-refractivity contribution >= 4 is 22.6 Å². The van der Waals surface area contributed by atoms with Gasteiger partial charge in [0.15, 0.2) is 5.43 Å². The Morgan fingerprint density at radius 3 is 2.54 bits per heavy atom. The van der Waals surface area contributed by atoms with Crippen molar-refractivity contribution in [3.8, 4) is 17.2 Å². The van der Waals surface area contributed by atoms with E-state index in [-0.39, 0.29) is 17.4 Å². The number of carbonyl (C=O) groups is 1. The first-order valence-corrected chi connectivity index (χ1v) is 11.9. The standard InChI is InChI=1S/C30H25N3O4/c1-18-15-23(28-24(16-18)26(34)19(2)27(36-28)22-11-7-13-31-17-22)20(3)33-25-12-8-14-32-29(25)37-30(35)21-9-5-4-6-10-21/h4-17,20,33H,1-3H3/t20-/m1/s1. The molecular weight excluding hydrogens is 466 g/mol. The van der Waals surface area contributed by atoms with Gasteiger partial charge in [-0.15, -0.1) is 0 Å². The molecule has 0 saturated heterocycles. The monoisotopic (exact) mass is 491 g/mol. The van der Waals surface area contributed by atoms with Crippen LogP contribution < -0.4 is 15.5 Å². The van der Waals surface area contributed by atoms with E-state index in [4.69, 9.17) is 9.15 Å². The van der Waals surface area contributed by atoms with E-state index >= 15 is 0 Å². The van der Waals surface area contributed by atoms with Gasteiger partial charge in [-0.3, -0.25) is 9.78 Å². The normalized spacial score (nSPS) is 11.8. The lowest BCUT2D eigenvalue weighted by molar-refractivity contribution is 0.0728. The number of nitrogens with zero attached hydrogens (tertiary/aromatic N) is 2. The first-order valence-electron chi connectivity index (χ1n) is 11.9. The quantitative estimate of drug-likeness (QED) is 0.280. The van der Waals surface area contributed by atoms with Crippen LogP contribution in [0.2, 0.25) is 0 Å². The smallest absolute Gasteiger partial charge is 0.344 e. The highest BCUT2D eigenvalue weighted by molar-refractivity contribution is 5.91. The van der Waals surface area contributed by atoms with E-state index in [1.165, 1.54) is 0 Å². The number of carbonyl (C=O) groups excluding carboxylic acids is 1. The van der Waals surface area contributed by atoms with Gasteiger partial charge >= 0.3 is 5.97 Å². The van der Waals surface area contributed by atoms with Crippen LogP contribution in [0.15, 0.2) is 94.5 Å². The van der Waals surface area contributed by atoms with Crippen LogP contribution in [0, 0.1) is 13.8 Å². The molecule has 5 rings (SSSR count). The van der Waals surface area contributed by atoms with Gasteiger partial charge in [0.05, 0.1) is 22.7 Å². The van der Waals surface area contributed by atoms with Gasteiger partial charge in [-0.1, -0.05) is 24.3 Å². The molecule has 0 aliphatic carbocycles. The maximum Gasteiger partial charge on any atom is 0.344 e. The van der Waals surface area contributed by atoms with Gasteiger partial charge in [-0.05, 0) is 68.8 Å². The van der Waals surface area contributed by atoms with Crippen LogP contribution in [0.4, 0.5) is 5.69 Å². The van der Waals surface area contributed by atoms with Crippen molar-refractivity contribution in [3.05, 3.63) is 118 Å². The Hall–Kier alpha value is -4.78. The van der Waals surface area contributed by atoms with Crippen LogP contribution in [-0.2, 0) is 0 Å². The number of pyridine rings is 2. The zero-order chi connectivity index (χ0) is 25.9. The number of aryl methyl sites for hydroxylation is 1. The van der Waals surface area contributed by atoms with Crippen molar-refractivity contribution in [2.75, 3.05) is 5.32 Å². The molecule has 0 fully saturated rings. The largest absolute Gasteiger partial charge is 0.455 e. The van der Waals surface area contributed by atoms with E-state index < -0.39 is 5.97 Å². The molecule has 37 heavy (non-hydrogen) atoms. The molecule has 7 heteroatoms. The second kappa shape index (κ2) is 10.1. The maximum absolute atomic E-state index is 13.3. The van der Waals surface area contributed by atoms with E-state index in [0.717, 1.165) is 16.7 Å². The lowest BCUT2D eigenvalue weighted by atomic mass is 9.99. The van der Waals surface area contributed by atoms with Gasteiger partial charge in [0.25, 0.3) is 0 Å². The summed E-state index contributed by atoms with van der Waals surface area (Å²) in [7, 11) is 0. The second-order valence-electron chi connectivity index (χ2n) is 8.84. The van der Waals surface area contributed by atoms with Crippen molar-refractivity contribution < 1.29 is 13.9 Å². The fourth-order valence-corrected chi connectivity index (χ4v) is 4.28. The Morgan fingerprint density at radius 1 is 1.00 bits per heavy atom. The van der Waals surface area contributed by atoms with Gasteiger partial charge in [0.2, 0.25) is 5.88 Å². The summed E-state index contributed by atoms with van der Waals surface area (Å²) >= 11 is 0. The first kappa shape index (κ1) is 23.9. The summed E-state index contributed by atoms with van der Waals surface area (Å²) in [5.41, 5.74) is 4.35. The van der Waals surface area contributed by atoms with Gasteiger partial charge in [0.1, 0.15) is 11.3 Å². The van der Waals surface area contributed by atoms with E-state index in [9.17, 15) is 9.59 Å². The Bertz CT molecular complexity index is 1650. The van der Waals surface area contributed by atoms with Crippen LogP contribution in [-0.4, -0.2) is 15.9 Å². The summed E-state index contributed by atoms with van der Waals surface area (Å²) < 4.78 is 12.0. The number of aromatic nitrogens is 2. The Balaban J connectivity index is 1.54. The average molecular weight is 492 g/mol. The minimum atomic E-state index is -0.501. The third kappa shape index (κ3) is 4.84. The summed E-state index contributed by atoms with van der Waals surface area (Å²) in [5, 5.41) is 3.89. The third-order valence-electron chi connectivity index (χ3n) is 6.12. The molecule has 1 atom stereocenters. The fourth-order valence-electron chi connectivity index (χ4n) is 4.28. The molecule has 0 aliphatic rings. The predicted octanol–water partition coefficient (Wildman–Crippen LogP) is 6.26. The van der Waals surface area contributed by atoms with Crippen molar-refractivity contribution in [2.45, 2.75) is 26.8 Å². The number of nitrogens with one attached hydrogen (secondary N) is 1. The number of anilines is 1. The molecule has 0 bridgehead atoms.